The smallest absolute Gasteiger partial charge is 0.191 e. The van der Waals surface area contributed by atoms with Crippen LogP contribution >= 0.6 is 11.3 Å². The van der Waals surface area contributed by atoms with Crippen molar-refractivity contribution in [3.05, 3.63) is 16.1 Å². The number of hydrogen-bond donors (Lipinski definition) is 2. The highest BCUT2D eigenvalue weighted by Crippen LogP contribution is 2.23. The van der Waals surface area contributed by atoms with E-state index in [0.717, 1.165) is 25.5 Å². The van der Waals surface area contributed by atoms with Crippen molar-refractivity contribution in [2.75, 3.05) is 13.1 Å². The van der Waals surface area contributed by atoms with E-state index in [4.69, 9.17) is 4.98 Å². The van der Waals surface area contributed by atoms with E-state index in [0.29, 0.717) is 6.04 Å². The van der Waals surface area contributed by atoms with Crippen LogP contribution in [0.1, 0.15) is 52.2 Å². The van der Waals surface area contributed by atoms with Crippen LogP contribution in [0.15, 0.2) is 10.4 Å². The van der Waals surface area contributed by atoms with Crippen molar-refractivity contribution in [1.29, 1.82) is 0 Å². The first kappa shape index (κ1) is 17.0. The Balaban J connectivity index is 2.55. The van der Waals surface area contributed by atoms with Crippen molar-refractivity contribution in [2.45, 2.75) is 59.4 Å². The Bertz CT molecular complexity index is 429. The van der Waals surface area contributed by atoms with Gasteiger partial charge in [-0.2, -0.15) is 0 Å². The summed E-state index contributed by atoms with van der Waals surface area (Å²) in [5.74, 6) is 0.884. The van der Waals surface area contributed by atoms with Gasteiger partial charge in [-0.05, 0) is 20.8 Å². The van der Waals surface area contributed by atoms with Crippen molar-refractivity contribution in [1.82, 2.24) is 15.6 Å². The molecule has 0 bridgehead atoms. The second kappa shape index (κ2) is 7.62. The molecule has 0 amide bonds. The number of aliphatic imine (C=N–C) groups is 1. The first-order valence-electron chi connectivity index (χ1n) is 7.32. The van der Waals surface area contributed by atoms with Crippen molar-refractivity contribution >= 4 is 17.3 Å². The summed E-state index contributed by atoms with van der Waals surface area (Å²) >= 11 is 1.73. The molecule has 0 saturated heterocycles. The lowest BCUT2D eigenvalue weighted by molar-refractivity contribution is 0.571. The zero-order chi connectivity index (χ0) is 15.2. The maximum atomic E-state index is 4.69. The lowest BCUT2D eigenvalue weighted by Gasteiger charge is -2.14. The molecule has 0 unspecified atom stereocenters. The standard InChI is InChI=1S/C15H28N4S/c1-7-16-14(18-11(2)3)17-9-8-13-19-12(10-20-13)15(4,5)6/h10-11H,7-9H2,1-6H3,(H2,16,17,18). The molecule has 1 aromatic rings. The number of guanidine groups is 1. The quantitative estimate of drug-likeness (QED) is 0.649. The van der Waals surface area contributed by atoms with E-state index in [1.807, 2.05) is 0 Å². The molecule has 0 aliphatic rings. The van der Waals surface area contributed by atoms with E-state index in [1.165, 1.54) is 10.7 Å². The van der Waals surface area contributed by atoms with E-state index < -0.39 is 0 Å². The summed E-state index contributed by atoms with van der Waals surface area (Å²) in [6.45, 7) is 14.5. The number of thiazole rings is 1. The highest BCUT2D eigenvalue weighted by molar-refractivity contribution is 7.09. The van der Waals surface area contributed by atoms with E-state index >= 15 is 0 Å². The highest BCUT2D eigenvalue weighted by atomic mass is 32.1. The van der Waals surface area contributed by atoms with Gasteiger partial charge in [-0.15, -0.1) is 11.3 Å². The molecule has 0 saturated carbocycles. The summed E-state index contributed by atoms with van der Waals surface area (Å²) in [5, 5.41) is 9.90. The minimum absolute atomic E-state index is 0.131. The van der Waals surface area contributed by atoms with Crippen molar-refractivity contribution in [3.63, 3.8) is 0 Å². The predicted molar refractivity (Wildman–Crippen MR) is 88.8 cm³/mol. The molecule has 2 N–H and O–H groups in total. The fraction of sp³-hybridized carbons (Fsp3) is 0.733. The van der Waals surface area contributed by atoms with E-state index in [2.05, 4.69) is 62.5 Å². The zero-order valence-electron chi connectivity index (χ0n) is 13.6. The molecule has 0 aliphatic heterocycles. The maximum Gasteiger partial charge on any atom is 0.191 e. The van der Waals surface area contributed by atoms with Crippen LogP contribution in [0.2, 0.25) is 0 Å². The topological polar surface area (TPSA) is 49.3 Å². The van der Waals surface area contributed by atoms with Crippen LogP contribution in [0, 0.1) is 0 Å². The second-order valence-electron chi connectivity index (χ2n) is 6.19. The van der Waals surface area contributed by atoms with Crippen LogP contribution in [0.3, 0.4) is 0 Å². The molecule has 1 aromatic heterocycles. The molecule has 20 heavy (non-hydrogen) atoms. The van der Waals surface area contributed by atoms with Crippen LogP contribution in [0.5, 0.6) is 0 Å². The van der Waals surface area contributed by atoms with Crippen LogP contribution in [-0.4, -0.2) is 30.1 Å². The Morgan fingerprint density at radius 3 is 2.60 bits per heavy atom. The summed E-state index contributed by atoms with van der Waals surface area (Å²) in [6.07, 6.45) is 0.898. The fourth-order valence-electron chi connectivity index (χ4n) is 1.63. The van der Waals surface area contributed by atoms with Crippen LogP contribution in [-0.2, 0) is 11.8 Å². The number of aromatic nitrogens is 1. The Hall–Kier alpha value is -1.10. The van der Waals surface area contributed by atoms with Gasteiger partial charge in [-0.1, -0.05) is 20.8 Å². The molecular weight excluding hydrogens is 268 g/mol. The van der Waals surface area contributed by atoms with Crippen LogP contribution in [0.4, 0.5) is 0 Å². The number of rotatable bonds is 5. The van der Waals surface area contributed by atoms with Gasteiger partial charge in [0, 0.05) is 36.3 Å². The molecule has 1 heterocycles. The minimum Gasteiger partial charge on any atom is -0.357 e. The summed E-state index contributed by atoms with van der Waals surface area (Å²) in [6, 6.07) is 0.389. The SMILES string of the molecule is CCNC(=NCCc1nc(C(C)(C)C)cs1)NC(C)C. The molecule has 114 valence electrons. The molecular formula is C15H28N4S. The van der Waals surface area contributed by atoms with E-state index in [1.54, 1.807) is 11.3 Å². The first-order chi connectivity index (χ1) is 9.32. The molecule has 5 heteroatoms. The summed E-state index contributed by atoms with van der Waals surface area (Å²) in [7, 11) is 0. The van der Waals surface area contributed by atoms with Gasteiger partial charge in [0.05, 0.1) is 10.7 Å². The lowest BCUT2D eigenvalue weighted by atomic mass is 9.93. The summed E-state index contributed by atoms with van der Waals surface area (Å²) in [5.41, 5.74) is 1.31. The van der Waals surface area contributed by atoms with Gasteiger partial charge < -0.3 is 10.6 Å². The second-order valence-corrected chi connectivity index (χ2v) is 7.13. The van der Waals surface area contributed by atoms with Gasteiger partial charge in [-0.25, -0.2) is 4.98 Å². The molecule has 0 radical (unpaired) electrons. The van der Waals surface area contributed by atoms with Crippen molar-refractivity contribution < 1.29 is 0 Å². The molecule has 1 rings (SSSR count). The molecule has 0 atom stereocenters. The molecule has 0 spiro atoms. The fourth-order valence-corrected chi connectivity index (χ4v) is 2.64. The molecule has 0 aromatic carbocycles. The molecule has 0 fully saturated rings. The third kappa shape index (κ3) is 5.90. The largest absolute Gasteiger partial charge is 0.357 e. The van der Waals surface area contributed by atoms with Gasteiger partial charge in [0.15, 0.2) is 5.96 Å². The number of nitrogens with zero attached hydrogens (tertiary/aromatic N) is 2. The minimum atomic E-state index is 0.131. The highest BCUT2D eigenvalue weighted by Gasteiger charge is 2.17. The van der Waals surface area contributed by atoms with E-state index in [9.17, 15) is 0 Å². The van der Waals surface area contributed by atoms with Gasteiger partial charge in [-0.3, -0.25) is 4.99 Å². The van der Waals surface area contributed by atoms with Crippen molar-refractivity contribution in [2.24, 2.45) is 4.99 Å². The summed E-state index contributed by atoms with van der Waals surface area (Å²) < 4.78 is 0. The Labute approximate surface area is 127 Å². The third-order valence-electron chi connectivity index (χ3n) is 2.69. The van der Waals surface area contributed by atoms with Crippen LogP contribution < -0.4 is 10.6 Å². The zero-order valence-corrected chi connectivity index (χ0v) is 14.4. The maximum absolute atomic E-state index is 4.69. The van der Waals surface area contributed by atoms with Gasteiger partial charge >= 0.3 is 0 Å². The van der Waals surface area contributed by atoms with E-state index in [-0.39, 0.29) is 5.41 Å². The number of nitrogens with one attached hydrogen (secondary N) is 2. The van der Waals surface area contributed by atoms with Gasteiger partial charge in [0.1, 0.15) is 0 Å². The lowest BCUT2D eigenvalue weighted by Crippen LogP contribution is -2.41. The van der Waals surface area contributed by atoms with Gasteiger partial charge in [0.2, 0.25) is 0 Å². The average molecular weight is 296 g/mol. The Kier molecular flexibility index (Phi) is 6.46. The Morgan fingerprint density at radius 1 is 1.40 bits per heavy atom. The normalized spacial score (nSPS) is 12.8. The van der Waals surface area contributed by atoms with Gasteiger partial charge in [0.25, 0.3) is 0 Å². The first-order valence-corrected chi connectivity index (χ1v) is 8.20. The monoisotopic (exact) mass is 296 g/mol. The van der Waals surface area contributed by atoms with Crippen LogP contribution in [0.25, 0.3) is 0 Å². The third-order valence-corrected chi connectivity index (χ3v) is 3.59. The molecule has 0 aliphatic carbocycles. The average Bonchev–Trinajstić information content (AvgIpc) is 2.77. The predicted octanol–water partition coefficient (Wildman–Crippen LogP) is 2.95. The molecule has 4 nitrogen and oxygen atoms in total. The Morgan fingerprint density at radius 2 is 2.10 bits per heavy atom. The van der Waals surface area contributed by atoms with Crippen molar-refractivity contribution in [3.8, 4) is 0 Å². The summed E-state index contributed by atoms with van der Waals surface area (Å²) in [4.78, 5) is 9.28. The number of hydrogen-bond acceptors (Lipinski definition) is 3.